The maximum absolute atomic E-state index is 6.55. The van der Waals surface area contributed by atoms with Gasteiger partial charge < -0.3 is 4.42 Å². The Morgan fingerprint density at radius 2 is 0.905 bits per heavy atom. The van der Waals surface area contributed by atoms with Crippen LogP contribution in [0.3, 0.4) is 0 Å². The second kappa shape index (κ2) is 13.7. The van der Waals surface area contributed by atoms with Crippen molar-refractivity contribution in [3.63, 3.8) is 0 Å². The zero-order chi connectivity index (χ0) is 41.6. The highest BCUT2D eigenvalue weighted by atomic mass is 16.3. The molecule has 294 valence electrons. The van der Waals surface area contributed by atoms with Crippen LogP contribution in [0.4, 0.5) is 0 Å². The van der Waals surface area contributed by atoms with Gasteiger partial charge in [-0.05, 0) is 115 Å². The first-order valence-corrected chi connectivity index (χ1v) is 21.5. The Morgan fingerprint density at radius 1 is 0.349 bits per heavy atom. The average Bonchev–Trinajstić information content (AvgIpc) is 3.85. The predicted molar refractivity (Wildman–Crippen MR) is 259 cm³/mol. The molecule has 1 aliphatic rings. The summed E-state index contributed by atoms with van der Waals surface area (Å²) in [4.78, 5) is 16.2. The molecule has 0 saturated carbocycles. The van der Waals surface area contributed by atoms with E-state index >= 15 is 0 Å². The molecule has 0 saturated heterocycles. The van der Waals surface area contributed by atoms with Crippen LogP contribution in [0.1, 0.15) is 23.6 Å². The molecule has 0 fully saturated rings. The first-order chi connectivity index (χ1) is 31.1. The summed E-state index contributed by atoms with van der Waals surface area (Å²) < 4.78 is 6.55. The van der Waals surface area contributed by atoms with Crippen LogP contribution in [0.2, 0.25) is 0 Å². The van der Waals surface area contributed by atoms with Gasteiger partial charge in [-0.2, -0.15) is 0 Å². The molecule has 63 heavy (non-hydrogen) atoms. The molecular formula is C59H37N3O. The fourth-order valence-corrected chi connectivity index (χ4v) is 10.3. The third-order valence-electron chi connectivity index (χ3n) is 13.4. The van der Waals surface area contributed by atoms with E-state index in [1.54, 1.807) is 0 Å². The molecule has 4 nitrogen and oxygen atoms in total. The number of hydrogen-bond donors (Lipinski definition) is 0. The summed E-state index contributed by atoms with van der Waals surface area (Å²) in [5.41, 5.74) is 12.7. The molecule has 10 aromatic carbocycles. The number of fused-ring (bicyclic) bond motifs is 9. The highest BCUT2D eigenvalue weighted by molar-refractivity contribution is 6.16. The van der Waals surface area contributed by atoms with Gasteiger partial charge in [-0.25, -0.2) is 15.0 Å². The smallest absolute Gasteiger partial charge is 0.164 e. The second-order valence-electron chi connectivity index (χ2n) is 16.9. The minimum atomic E-state index is -0.368. The highest BCUT2D eigenvalue weighted by Gasteiger charge is 2.40. The fraction of sp³-hybridized carbons (Fsp3) is 0.0339. The van der Waals surface area contributed by atoms with Gasteiger partial charge in [-0.15, -0.1) is 0 Å². The van der Waals surface area contributed by atoms with Crippen LogP contribution in [0.15, 0.2) is 211 Å². The van der Waals surface area contributed by atoms with Crippen LogP contribution in [-0.2, 0) is 5.41 Å². The van der Waals surface area contributed by atoms with E-state index in [0.717, 1.165) is 76.7 Å². The van der Waals surface area contributed by atoms with Crippen LogP contribution in [-0.4, -0.2) is 15.0 Å². The van der Waals surface area contributed by atoms with E-state index in [9.17, 15) is 0 Å². The van der Waals surface area contributed by atoms with Gasteiger partial charge in [-0.3, -0.25) is 0 Å². The highest BCUT2D eigenvalue weighted by Crippen LogP contribution is 2.52. The third-order valence-corrected chi connectivity index (χ3v) is 13.4. The Labute approximate surface area is 363 Å². The van der Waals surface area contributed by atoms with Crippen molar-refractivity contribution in [2.24, 2.45) is 0 Å². The fourth-order valence-electron chi connectivity index (χ4n) is 10.3. The SMILES string of the molecule is CC1(c2cccc(-c3nc(-c4cccc5ccccc45)nc(-c4cc(-c5cccc6oc7cc8ccccc8cc7c56)cc5ccccc45)n3)c2)c2ccccc2-c2ccccc21. The Balaban J connectivity index is 1.05. The minimum absolute atomic E-state index is 0.368. The number of furan rings is 1. The van der Waals surface area contributed by atoms with Gasteiger partial charge in [0.15, 0.2) is 17.5 Å². The minimum Gasteiger partial charge on any atom is -0.456 e. The van der Waals surface area contributed by atoms with E-state index in [1.807, 2.05) is 0 Å². The van der Waals surface area contributed by atoms with E-state index in [4.69, 9.17) is 19.4 Å². The van der Waals surface area contributed by atoms with E-state index in [1.165, 1.54) is 33.2 Å². The van der Waals surface area contributed by atoms with Crippen molar-refractivity contribution in [2.45, 2.75) is 12.3 Å². The molecule has 0 radical (unpaired) electrons. The van der Waals surface area contributed by atoms with Crippen LogP contribution >= 0.6 is 0 Å². The van der Waals surface area contributed by atoms with E-state index < -0.39 is 0 Å². The van der Waals surface area contributed by atoms with Crippen molar-refractivity contribution in [1.29, 1.82) is 0 Å². The maximum atomic E-state index is 6.55. The summed E-state index contributed by atoms with van der Waals surface area (Å²) in [6.45, 7) is 2.35. The lowest BCUT2D eigenvalue weighted by molar-refractivity contribution is 0.669. The average molecular weight is 804 g/mol. The van der Waals surface area contributed by atoms with Gasteiger partial charge in [0.1, 0.15) is 11.2 Å². The Morgan fingerprint density at radius 3 is 1.68 bits per heavy atom. The lowest BCUT2D eigenvalue weighted by atomic mass is 9.74. The number of aromatic nitrogens is 3. The number of rotatable bonds is 5. The quantitative estimate of drug-likeness (QED) is 0.174. The number of hydrogen-bond acceptors (Lipinski definition) is 4. The summed E-state index contributed by atoms with van der Waals surface area (Å²) in [6.07, 6.45) is 0. The summed E-state index contributed by atoms with van der Waals surface area (Å²) >= 11 is 0. The molecule has 0 amide bonds. The Bertz CT molecular complexity index is 3790. The molecule has 0 atom stereocenters. The maximum Gasteiger partial charge on any atom is 0.164 e. The molecular weight excluding hydrogens is 767 g/mol. The summed E-state index contributed by atoms with van der Waals surface area (Å²) in [7, 11) is 0. The van der Waals surface area contributed by atoms with Gasteiger partial charge in [0, 0.05) is 32.9 Å². The topological polar surface area (TPSA) is 51.8 Å². The third kappa shape index (κ3) is 5.44. The molecule has 2 aromatic heterocycles. The first-order valence-electron chi connectivity index (χ1n) is 21.5. The molecule has 0 aliphatic heterocycles. The molecule has 1 aliphatic carbocycles. The Kier molecular flexibility index (Phi) is 7.70. The van der Waals surface area contributed by atoms with Gasteiger partial charge in [-0.1, -0.05) is 170 Å². The predicted octanol–water partition coefficient (Wildman–Crippen LogP) is 15.2. The van der Waals surface area contributed by atoms with Crippen molar-refractivity contribution in [3.8, 4) is 56.4 Å². The summed E-state index contributed by atoms with van der Waals surface area (Å²) in [6, 6.07) is 73.5. The van der Waals surface area contributed by atoms with Gasteiger partial charge in [0.2, 0.25) is 0 Å². The van der Waals surface area contributed by atoms with Gasteiger partial charge in [0.25, 0.3) is 0 Å². The van der Waals surface area contributed by atoms with E-state index in [-0.39, 0.29) is 5.41 Å². The molecule has 2 heterocycles. The van der Waals surface area contributed by atoms with Crippen LogP contribution in [0, 0.1) is 0 Å². The van der Waals surface area contributed by atoms with Gasteiger partial charge in [0.05, 0.1) is 0 Å². The van der Waals surface area contributed by atoms with Crippen molar-refractivity contribution >= 4 is 54.3 Å². The number of nitrogens with zero attached hydrogens (tertiary/aromatic N) is 3. The molecule has 12 aromatic rings. The van der Waals surface area contributed by atoms with E-state index in [0.29, 0.717) is 17.5 Å². The van der Waals surface area contributed by atoms with Crippen LogP contribution < -0.4 is 0 Å². The lowest BCUT2D eigenvalue weighted by Crippen LogP contribution is -2.22. The Hall–Kier alpha value is -8.21. The molecule has 0 unspecified atom stereocenters. The zero-order valence-electron chi connectivity index (χ0n) is 34.4. The standard InChI is InChI=1S/C59H37N3O/c1-59(51-28-10-8-24-46(51)47-25-9-11-29-52(47)59)42-21-12-20-40(32-42)56-60-57(48-27-13-19-36-15-4-6-22-43(36)48)62-58(61-56)49-34-41(31-39-18-5-7-23-44(39)49)45-26-14-30-53-55(45)50-33-37-16-2-3-17-38(37)35-54(50)63-53/h2-35H,1H3. The van der Waals surface area contributed by atoms with Crippen LogP contribution in [0.5, 0.6) is 0 Å². The molecule has 4 heteroatoms. The van der Waals surface area contributed by atoms with Crippen molar-refractivity contribution < 1.29 is 4.42 Å². The van der Waals surface area contributed by atoms with Gasteiger partial charge >= 0.3 is 0 Å². The van der Waals surface area contributed by atoms with Crippen molar-refractivity contribution in [2.75, 3.05) is 0 Å². The zero-order valence-corrected chi connectivity index (χ0v) is 34.4. The molecule has 0 N–H and O–H groups in total. The summed E-state index contributed by atoms with van der Waals surface area (Å²) in [5, 5.41) is 8.91. The molecule has 0 bridgehead atoms. The first kappa shape index (κ1) is 35.5. The van der Waals surface area contributed by atoms with Crippen LogP contribution in [0.25, 0.3) is 111 Å². The van der Waals surface area contributed by atoms with Crippen molar-refractivity contribution in [3.05, 3.63) is 223 Å². The summed E-state index contributed by atoms with van der Waals surface area (Å²) in [5.74, 6) is 1.87. The largest absolute Gasteiger partial charge is 0.456 e. The normalized spacial score (nSPS) is 13.0. The lowest BCUT2D eigenvalue weighted by Gasteiger charge is -2.28. The van der Waals surface area contributed by atoms with E-state index in [2.05, 4.69) is 213 Å². The monoisotopic (exact) mass is 803 g/mol. The second-order valence-corrected chi connectivity index (χ2v) is 16.9. The van der Waals surface area contributed by atoms with Crippen molar-refractivity contribution in [1.82, 2.24) is 15.0 Å². The number of benzene rings is 10. The molecule has 0 spiro atoms. The molecule has 13 rings (SSSR count).